The van der Waals surface area contributed by atoms with E-state index in [9.17, 15) is 9.59 Å². The Balaban J connectivity index is 1.98. The van der Waals surface area contributed by atoms with Crippen LogP contribution in [0.2, 0.25) is 0 Å². The van der Waals surface area contributed by atoms with Crippen molar-refractivity contribution in [3.8, 4) is 0 Å². The van der Waals surface area contributed by atoms with E-state index >= 15 is 0 Å². The molecule has 3 aromatic rings. The van der Waals surface area contributed by atoms with E-state index in [4.69, 9.17) is 0 Å². The molecular formula is C17H19N5O2. The van der Waals surface area contributed by atoms with Crippen LogP contribution in [0, 0.1) is 5.92 Å². The van der Waals surface area contributed by atoms with Crippen molar-refractivity contribution >= 4 is 22.6 Å². The second-order valence-electron chi connectivity index (χ2n) is 6.04. The fraction of sp³-hybridized carbons (Fsp3) is 0.294. The number of benzene rings is 1. The van der Waals surface area contributed by atoms with Gasteiger partial charge in [-0.15, -0.1) is 0 Å². The van der Waals surface area contributed by atoms with E-state index in [1.54, 1.807) is 18.5 Å². The first kappa shape index (κ1) is 15.9. The average Bonchev–Trinajstić information content (AvgIpc) is 3.04. The van der Waals surface area contributed by atoms with E-state index in [2.05, 4.69) is 20.4 Å². The maximum absolute atomic E-state index is 12.5. The molecule has 7 heteroatoms. The zero-order chi connectivity index (χ0) is 17.1. The Kier molecular flexibility index (Phi) is 4.41. The number of hydrogen-bond acceptors (Lipinski definition) is 4. The molecule has 2 aromatic heterocycles. The summed E-state index contributed by atoms with van der Waals surface area (Å²) in [5.74, 6) is 0.429. The number of aromatic amines is 1. The van der Waals surface area contributed by atoms with Crippen molar-refractivity contribution in [1.82, 2.24) is 19.7 Å². The molecule has 0 radical (unpaired) electrons. The third kappa shape index (κ3) is 3.34. The predicted octanol–water partition coefficient (Wildman–Crippen LogP) is 1.96. The minimum Gasteiger partial charge on any atom is -0.331 e. The summed E-state index contributed by atoms with van der Waals surface area (Å²) in [5, 5.41) is 8.38. The highest BCUT2D eigenvalue weighted by Crippen LogP contribution is 2.14. The first-order valence-corrected chi connectivity index (χ1v) is 7.82. The van der Waals surface area contributed by atoms with Crippen LogP contribution in [0.5, 0.6) is 0 Å². The lowest BCUT2D eigenvalue weighted by Gasteiger charge is -2.12. The summed E-state index contributed by atoms with van der Waals surface area (Å²) >= 11 is 0. The first-order chi connectivity index (χ1) is 11.5. The topological polar surface area (TPSA) is 92.7 Å². The molecule has 3 rings (SSSR count). The van der Waals surface area contributed by atoms with Crippen LogP contribution in [-0.4, -0.2) is 25.7 Å². The highest BCUT2D eigenvalue weighted by Gasteiger charge is 2.14. The van der Waals surface area contributed by atoms with Crippen molar-refractivity contribution in [3.63, 3.8) is 0 Å². The predicted molar refractivity (Wildman–Crippen MR) is 91.8 cm³/mol. The van der Waals surface area contributed by atoms with Crippen molar-refractivity contribution in [2.75, 3.05) is 5.32 Å². The van der Waals surface area contributed by atoms with Crippen LogP contribution < -0.4 is 10.9 Å². The van der Waals surface area contributed by atoms with Crippen molar-refractivity contribution in [3.05, 3.63) is 52.7 Å². The molecule has 1 amide bonds. The van der Waals surface area contributed by atoms with Gasteiger partial charge in [0.2, 0.25) is 11.9 Å². The summed E-state index contributed by atoms with van der Waals surface area (Å²) < 4.78 is 1.45. The van der Waals surface area contributed by atoms with Crippen LogP contribution in [0.4, 0.5) is 5.95 Å². The maximum atomic E-state index is 12.5. The van der Waals surface area contributed by atoms with Crippen molar-refractivity contribution in [2.24, 2.45) is 5.92 Å². The van der Waals surface area contributed by atoms with Crippen molar-refractivity contribution in [1.29, 1.82) is 0 Å². The number of nitrogens with one attached hydrogen (secondary N) is 2. The molecule has 0 unspecified atom stereocenters. The molecule has 0 bridgehead atoms. The summed E-state index contributed by atoms with van der Waals surface area (Å²) in [6, 6.07) is 7.24. The number of H-pyrrole nitrogens is 1. The number of nitrogens with zero attached hydrogens (tertiary/aromatic N) is 3. The van der Waals surface area contributed by atoms with E-state index < -0.39 is 0 Å². The van der Waals surface area contributed by atoms with Crippen molar-refractivity contribution < 1.29 is 4.79 Å². The lowest BCUT2D eigenvalue weighted by atomic mass is 10.1. The third-order valence-electron chi connectivity index (χ3n) is 3.57. The minimum atomic E-state index is -0.239. The number of amides is 1. The third-order valence-corrected chi connectivity index (χ3v) is 3.57. The normalized spacial score (nSPS) is 11.1. The molecule has 0 saturated heterocycles. The molecule has 24 heavy (non-hydrogen) atoms. The Hall–Kier alpha value is -2.96. The SMILES string of the molecule is CC(C)Cn1nc(CC(=O)Nc2ncc[nH]2)c2ccccc2c1=O. The van der Waals surface area contributed by atoms with E-state index in [1.165, 1.54) is 4.68 Å². The monoisotopic (exact) mass is 325 g/mol. The Morgan fingerprint density at radius 1 is 1.29 bits per heavy atom. The lowest BCUT2D eigenvalue weighted by Crippen LogP contribution is -2.28. The van der Waals surface area contributed by atoms with Crippen LogP contribution in [0.25, 0.3) is 10.8 Å². The quantitative estimate of drug-likeness (QED) is 0.750. The molecule has 7 nitrogen and oxygen atoms in total. The summed E-state index contributed by atoms with van der Waals surface area (Å²) in [6.45, 7) is 4.55. The summed E-state index contributed by atoms with van der Waals surface area (Å²) in [7, 11) is 0. The number of aromatic nitrogens is 4. The zero-order valence-corrected chi connectivity index (χ0v) is 13.6. The van der Waals surface area contributed by atoms with Gasteiger partial charge in [-0.2, -0.15) is 5.10 Å². The molecule has 0 saturated carbocycles. The fourth-order valence-electron chi connectivity index (χ4n) is 2.57. The maximum Gasteiger partial charge on any atom is 0.274 e. The number of rotatable bonds is 5. The molecule has 0 fully saturated rings. The standard InChI is InChI=1S/C17H19N5O2/c1-11(2)10-22-16(24)13-6-4-3-5-12(13)14(21-22)9-15(23)20-17-18-7-8-19-17/h3-8,11H,9-10H2,1-2H3,(H2,18,19,20,23). The van der Waals surface area contributed by atoms with Gasteiger partial charge in [0.15, 0.2) is 0 Å². The Bertz CT molecular complexity index is 912. The number of anilines is 1. The Morgan fingerprint density at radius 2 is 2.04 bits per heavy atom. The van der Waals surface area contributed by atoms with Crippen LogP contribution in [0.15, 0.2) is 41.5 Å². The van der Waals surface area contributed by atoms with Gasteiger partial charge in [0.05, 0.1) is 17.5 Å². The largest absolute Gasteiger partial charge is 0.331 e. The number of carbonyl (C=O) groups is 1. The van der Waals surface area contributed by atoms with Gasteiger partial charge < -0.3 is 4.98 Å². The van der Waals surface area contributed by atoms with E-state index in [-0.39, 0.29) is 23.8 Å². The van der Waals surface area contributed by atoms with Gasteiger partial charge in [-0.1, -0.05) is 32.0 Å². The van der Waals surface area contributed by atoms with Gasteiger partial charge in [0.25, 0.3) is 5.56 Å². The first-order valence-electron chi connectivity index (χ1n) is 7.82. The molecular weight excluding hydrogens is 306 g/mol. The number of carbonyl (C=O) groups excluding carboxylic acids is 1. The number of imidazole rings is 1. The Morgan fingerprint density at radius 3 is 2.71 bits per heavy atom. The van der Waals surface area contributed by atoms with Gasteiger partial charge in [0, 0.05) is 24.3 Å². The molecule has 1 aromatic carbocycles. The van der Waals surface area contributed by atoms with Gasteiger partial charge in [-0.05, 0) is 12.0 Å². The molecule has 0 spiro atoms. The van der Waals surface area contributed by atoms with E-state index in [0.717, 1.165) is 0 Å². The second-order valence-corrected chi connectivity index (χ2v) is 6.04. The van der Waals surface area contributed by atoms with Crippen LogP contribution >= 0.6 is 0 Å². The number of hydrogen-bond donors (Lipinski definition) is 2. The molecule has 0 aliphatic rings. The molecule has 0 aliphatic carbocycles. The number of fused-ring (bicyclic) bond motifs is 1. The van der Waals surface area contributed by atoms with Gasteiger partial charge in [-0.25, -0.2) is 9.67 Å². The van der Waals surface area contributed by atoms with Crippen LogP contribution in [0.1, 0.15) is 19.5 Å². The molecule has 0 aliphatic heterocycles. The fourth-order valence-corrected chi connectivity index (χ4v) is 2.57. The molecule has 0 atom stereocenters. The van der Waals surface area contributed by atoms with Gasteiger partial charge in [-0.3, -0.25) is 14.9 Å². The Labute approximate surface area is 138 Å². The minimum absolute atomic E-state index is 0.0690. The summed E-state index contributed by atoms with van der Waals surface area (Å²) in [6.07, 6.45) is 3.26. The van der Waals surface area contributed by atoms with E-state index in [1.807, 2.05) is 32.0 Å². The summed E-state index contributed by atoms with van der Waals surface area (Å²) in [5.41, 5.74) is 0.449. The molecule has 124 valence electrons. The zero-order valence-electron chi connectivity index (χ0n) is 13.6. The summed E-state index contributed by atoms with van der Waals surface area (Å²) in [4.78, 5) is 31.6. The second kappa shape index (κ2) is 6.66. The highest BCUT2D eigenvalue weighted by atomic mass is 16.2. The van der Waals surface area contributed by atoms with Crippen LogP contribution in [-0.2, 0) is 17.8 Å². The highest BCUT2D eigenvalue weighted by molar-refractivity contribution is 5.94. The lowest BCUT2D eigenvalue weighted by molar-refractivity contribution is -0.115. The molecule has 2 N–H and O–H groups in total. The van der Waals surface area contributed by atoms with E-state index in [0.29, 0.717) is 29.0 Å². The van der Waals surface area contributed by atoms with Crippen LogP contribution in [0.3, 0.4) is 0 Å². The van der Waals surface area contributed by atoms with Gasteiger partial charge in [0.1, 0.15) is 0 Å². The molecule has 2 heterocycles. The van der Waals surface area contributed by atoms with Gasteiger partial charge >= 0.3 is 0 Å². The van der Waals surface area contributed by atoms with Crippen molar-refractivity contribution in [2.45, 2.75) is 26.8 Å². The smallest absolute Gasteiger partial charge is 0.274 e. The average molecular weight is 325 g/mol.